The largest absolute Gasteiger partial charge is 0.501 e. The van der Waals surface area contributed by atoms with E-state index in [1.54, 1.807) is 25.7 Å². The van der Waals surface area contributed by atoms with Crippen molar-refractivity contribution in [3.8, 4) is 5.75 Å². The first-order valence-electron chi connectivity index (χ1n) is 10.8. The third-order valence-corrected chi connectivity index (χ3v) is 5.33. The highest BCUT2D eigenvalue weighted by Crippen LogP contribution is 2.32. The number of rotatable bonds is 8. The first-order valence-corrected chi connectivity index (χ1v) is 10.8. The van der Waals surface area contributed by atoms with Crippen molar-refractivity contribution in [2.75, 3.05) is 32.9 Å². The van der Waals surface area contributed by atoms with Gasteiger partial charge in [0.2, 0.25) is 5.75 Å². The maximum absolute atomic E-state index is 12.7. The van der Waals surface area contributed by atoms with Crippen LogP contribution in [-0.2, 0) is 23.7 Å². The molecular weight excluding hydrogens is 438 g/mol. The van der Waals surface area contributed by atoms with Crippen molar-refractivity contribution in [1.82, 2.24) is 14.9 Å². The molecule has 0 saturated carbocycles. The van der Waals surface area contributed by atoms with E-state index in [1.807, 2.05) is 0 Å². The SMILES string of the molecule is CCOC(=O)/C(=C\C1OC(C)O1)N1CC(CO)CC(c2nc(C(=O)OCC)c(O)c(=O)[nH]2)C1. The van der Waals surface area contributed by atoms with Crippen LogP contribution >= 0.6 is 0 Å². The summed E-state index contributed by atoms with van der Waals surface area (Å²) in [4.78, 5) is 45.4. The lowest BCUT2D eigenvalue weighted by molar-refractivity contribution is -0.355. The molecule has 12 nitrogen and oxygen atoms in total. The molecule has 3 rings (SSSR count). The van der Waals surface area contributed by atoms with Crippen molar-refractivity contribution < 1.29 is 38.7 Å². The number of aromatic nitrogens is 2. The number of nitrogens with zero attached hydrogens (tertiary/aromatic N) is 2. The van der Waals surface area contributed by atoms with Gasteiger partial charge in [-0.2, -0.15) is 0 Å². The molecule has 182 valence electrons. The summed E-state index contributed by atoms with van der Waals surface area (Å²) in [5.41, 5.74) is -1.17. The second kappa shape index (κ2) is 10.8. The molecule has 3 N–H and O–H groups in total. The van der Waals surface area contributed by atoms with Crippen molar-refractivity contribution >= 4 is 11.9 Å². The van der Waals surface area contributed by atoms with Gasteiger partial charge in [-0.05, 0) is 27.2 Å². The van der Waals surface area contributed by atoms with E-state index >= 15 is 0 Å². The lowest BCUT2D eigenvalue weighted by atomic mass is 9.88. The molecule has 3 heterocycles. The maximum atomic E-state index is 12.7. The quantitative estimate of drug-likeness (QED) is 0.354. The summed E-state index contributed by atoms with van der Waals surface area (Å²) in [7, 11) is 0. The number of carbonyl (C=O) groups is 2. The zero-order valence-corrected chi connectivity index (χ0v) is 18.8. The second-order valence-electron chi connectivity index (χ2n) is 7.74. The number of hydrogen-bond acceptors (Lipinski definition) is 11. The minimum Gasteiger partial charge on any atom is -0.501 e. The number of aromatic amines is 1. The third-order valence-electron chi connectivity index (χ3n) is 5.33. The fraction of sp³-hybridized carbons (Fsp3) is 0.619. The van der Waals surface area contributed by atoms with Gasteiger partial charge in [0.25, 0.3) is 5.56 Å². The van der Waals surface area contributed by atoms with E-state index in [4.69, 9.17) is 18.9 Å². The Bertz CT molecular complexity index is 955. The summed E-state index contributed by atoms with van der Waals surface area (Å²) in [6.07, 6.45) is 0.828. The lowest BCUT2D eigenvalue weighted by Gasteiger charge is -2.39. The minimum atomic E-state index is -0.922. The average Bonchev–Trinajstić information content (AvgIpc) is 2.77. The number of carbonyl (C=O) groups excluding carboxylic acids is 2. The average molecular weight is 467 g/mol. The fourth-order valence-electron chi connectivity index (χ4n) is 3.85. The Morgan fingerprint density at radius 1 is 1.24 bits per heavy atom. The number of piperidine rings is 1. The van der Waals surface area contributed by atoms with Gasteiger partial charge >= 0.3 is 11.9 Å². The molecule has 2 atom stereocenters. The molecule has 0 spiro atoms. The molecule has 0 aromatic carbocycles. The molecule has 2 saturated heterocycles. The number of likely N-dealkylation sites (tertiary alicyclic amines) is 1. The zero-order chi connectivity index (χ0) is 24.1. The number of ether oxygens (including phenoxy) is 4. The maximum Gasteiger partial charge on any atom is 0.361 e. The van der Waals surface area contributed by atoms with E-state index in [0.717, 1.165) is 0 Å². The fourth-order valence-corrected chi connectivity index (χ4v) is 3.85. The number of aromatic hydroxyl groups is 1. The summed E-state index contributed by atoms with van der Waals surface area (Å²) < 4.78 is 20.9. The predicted molar refractivity (Wildman–Crippen MR) is 112 cm³/mol. The van der Waals surface area contributed by atoms with Gasteiger partial charge in [-0.3, -0.25) is 4.79 Å². The Labute approximate surface area is 190 Å². The Morgan fingerprint density at radius 2 is 1.94 bits per heavy atom. The summed E-state index contributed by atoms with van der Waals surface area (Å²) in [5.74, 6) is -2.94. The van der Waals surface area contributed by atoms with Crippen LogP contribution in [0.3, 0.4) is 0 Å². The van der Waals surface area contributed by atoms with Gasteiger partial charge in [0.1, 0.15) is 11.5 Å². The van der Waals surface area contributed by atoms with Crippen LogP contribution in [0.2, 0.25) is 0 Å². The van der Waals surface area contributed by atoms with Crippen LogP contribution < -0.4 is 5.56 Å². The van der Waals surface area contributed by atoms with Crippen LogP contribution in [-0.4, -0.2) is 82.5 Å². The molecule has 1 aromatic heterocycles. The first kappa shape index (κ1) is 24.7. The van der Waals surface area contributed by atoms with Crippen LogP contribution in [0.1, 0.15) is 49.4 Å². The molecule has 2 aliphatic heterocycles. The van der Waals surface area contributed by atoms with Crippen molar-refractivity contribution in [3.63, 3.8) is 0 Å². The molecule has 0 amide bonds. The van der Waals surface area contributed by atoms with E-state index in [-0.39, 0.29) is 50.1 Å². The second-order valence-corrected chi connectivity index (χ2v) is 7.74. The monoisotopic (exact) mass is 467 g/mol. The summed E-state index contributed by atoms with van der Waals surface area (Å²) in [5, 5.41) is 19.9. The third kappa shape index (κ3) is 5.70. The summed E-state index contributed by atoms with van der Waals surface area (Å²) in [6, 6.07) is 0. The molecule has 1 aromatic rings. The van der Waals surface area contributed by atoms with Gasteiger partial charge in [-0.1, -0.05) is 0 Å². The van der Waals surface area contributed by atoms with E-state index < -0.39 is 41.1 Å². The molecule has 12 heteroatoms. The standard InChI is InChI=1S/C21H29N3O9/c1-4-30-20(28)14(7-15-32-11(3)33-15)24-8-12(10-25)6-13(9-24)18-22-16(21(29)31-5-2)17(26)19(27)23-18/h7,11-13,15,25-26H,4-6,8-10H2,1-3H3,(H,22,23,27)/b14-7+. The molecule has 2 fully saturated rings. The van der Waals surface area contributed by atoms with Crippen LogP contribution in [0.5, 0.6) is 5.75 Å². The summed E-state index contributed by atoms with van der Waals surface area (Å²) in [6.45, 7) is 5.59. The number of esters is 2. The number of hydrogen-bond donors (Lipinski definition) is 3. The zero-order valence-electron chi connectivity index (χ0n) is 18.8. The van der Waals surface area contributed by atoms with E-state index in [2.05, 4.69) is 9.97 Å². The van der Waals surface area contributed by atoms with Crippen LogP contribution in [0, 0.1) is 5.92 Å². The minimum absolute atomic E-state index is 0.0451. The number of aliphatic hydroxyl groups excluding tert-OH is 1. The Morgan fingerprint density at radius 3 is 2.55 bits per heavy atom. The highest BCUT2D eigenvalue weighted by Gasteiger charge is 2.36. The van der Waals surface area contributed by atoms with Crippen LogP contribution in [0.25, 0.3) is 0 Å². The van der Waals surface area contributed by atoms with Gasteiger partial charge in [0.15, 0.2) is 18.3 Å². The number of nitrogens with one attached hydrogen (secondary N) is 1. The molecule has 0 radical (unpaired) electrons. The lowest BCUT2D eigenvalue weighted by Crippen LogP contribution is -2.45. The predicted octanol–water partition coefficient (Wildman–Crippen LogP) is 0.216. The summed E-state index contributed by atoms with van der Waals surface area (Å²) >= 11 is 0. The van der Waals surface area contributed by atoms with Gasteiger partial charge in [-0.15, -0.1) is 0 Å². The topological polar surface area (TPSA) is 161 Å². The molecule has 0 aliphatic carbocycles. The Kier molecular flexibility index (Phi) is 8.06. The van der Waals surface area contributed by atoms with Crippen molar-refractivity contribution in [2.45, 2.75) is 45.7 Å². The highest BCUT2D eigenvalue weighted by atomic mass is 16.9. The molecule has 33 heavy (non-hydrogen) atoms. The number of aliphatic hydroxyl groups is 1. The molecule has 2 unspecified atom stereocenters. The first-order chi connectivity index (χ1) is 15.8. The number of H-pyrrole nitrogens is 1. The van der Waals surface area contributed by atoms with Crippen molar-refractivity contribution in [3.05, 3.63) is 33.6 Å². The smallest absolute Gasteiger partial charge is 0.361 e. The Balaban J connectivity index is 1.93. The van der Waals surface area contributed by atoms with Gasteiger partial charge in [-0.25, -0.2) is 14.6 Å². The Hall–Kier alpha value is -2.96. The molecule has 2 aliphatic rings. The van der Waals surface area contributed by atoms with E-state index in [9.17, 15) is 24.6 Å². The molecule has 0 bridgehead atoms. The van der Waals surface area contributed by atoms with E-state index in [0.29, 0.717) is 13.0 Å². The van der Waals surface area contributed by atoms with Gasteiger partial charge in [0, 0.05) is 37.6 Å². The highest BCUT2D eigenvalue weighted by molar-refractivity contribution is 5.90. The van der Waals surface area contributed by atoms with Crippen LogP contribution in [0.4, 0.5) is 0 Å². The van der Waals surface area contributed by atoms with E-state index in [1.165, 1.54) is 6.08 Å². The normalized spacial score (nSPS) is 25.3. The van der Waals surface area contributed by atoms with Crippen molar-refractivity contribution in [1.29, 1.82) is 0 Å². The molecular formula is C21H29N3O9. The van der Waals surface area contributed by atoms with Crippen LogP contribution in [0.15, 0.2) is 16.6 Å². The van der Waals surface area contributed by atoms with Gasteiger partial charge in [0.05, 0.1) is 13.2 Å². The van der Waals surface area contributed by atoms with Gasteiger partial charge < -0.3 is 39.0 Å². The van der Waals surface area contributed by atoms with Crippen molar-refractivity contribution in [2.24, 2.45) is 5.92 Å².